The number of carboxylic acid groups (broad SMARTS) is 1. The standard InChI is InChI=1S/C8H6BrF2NO3/c9-5-1-4(7(10)11)2-12(8(5)15)3-6(13)14/h1-2,7H,3H2,(H,13,14). The van der Waals surface area contributed by atoms with Crippen LogP contribution in [0.25, 0.3) is 0 Å². The first-order valence-electron chi connectivity index (χ1n) is 3.81. The quantitative estimate of drug-likeness (QED) is 0.916. The van der Waals surface area contributed by atoms with Crippen molar-refractivity contribution in [2.75, 3.05) is 0 Å². The normalized spacial score (nSPS) is 10.7. The molecule has 0 bridgehead atoms. The van der Waals surface area contributed by atoms with Gasteiger partial charge in [-0.05, 0) is 22.0 Å². The van der Waals surface area contributed by atoms with Gasteiger partial charge in [0.2, 0.25) is 0 Å². The van der Waals surface area contributed by atoms with Crippen LogP contribution in [0.2, 0.25) is 0 Å². The third-order valence-electron chi connectivity index (χ3n) is 1.62. The molecule has 0 aromatic carbocycles. The molecule has 1 heterocycles. The molecule has 0 aliphatic rings. The monoisotopic (exact) mass is 281 g/mol. The molecule has 4 nitrogen and oxygen atoms in total. The van der Waals surface area contributed by atoms with Gasteiger partial charge < -0.3 is 9.67 Å². The van der Waals surface area contributed by atoms with Crippen LogP contribution in [0.3, 0.4) is 0 Å². The van der Waals surface area contributed by atoms with E-state index in [1.807, 2.05) is 0 Å². The molecule has 0 atom stereocenters. The summed E-state index contributed by atoms with van der Waals surface area (Å²) < 4.78 is 25.3. The lowest BCUT2D eigenvalue weighted by molar-refractivity contribution is -0.137. The number of nitrogens with zero attached hydrogens (tertiary/aromatic N) is 1. The van der Waals surface area contributed by atoms with Crippen LogP contribution in [0.5, 0.6) is 0 Å². The molecular formula is C8H6BrF2NO3. The van der Waals surface area contributed by atoms with Gasteiger partial charge in [0.05, 0.1) is 4.47 Å². The number of pyridine rings is 1. The van der Waals surface area contributed by atoms with Crippen LogP contribution in [-0.4, -0.2) is 15.6 Å². The zero-order valence-corrected chi connectivity index (χ0v) is 8.87. The fourth-order valence-electron chi connectivity index (χ4n) is 1.00. The maximum absolute atomic E-state index is 12.3. The number of hydrogen-bond acceptors (Lipinski definition) is 2. The van der Waals surface area contributed by atoms with Crippen molar-refractivity contribution in [2.24, 2.45) is 0 Å². The summed E-state index contributed by atoms with van der Waals surface area (Å²) >= 11 is 2.80. The van der Waals surface area contributed by atoms with Crippen LogP contribution in [-0.2, 0) is 11.3 Å². The van der Waals surface area contributed by atoms with E-state index in [9.17, 15) is 18.4 Å². The predicted molar refractivity (Wildman–Crippen MR) is 51.0 cm³/mol. The minimum Gasteiger partial charge on any atom is -0.480 e. The smallest absolute Gasteiger partial charge is 0.323 e. The maximum Gasteiger partial charge on any atom is 0.323 e. The predicted octanol–water partition coefficient (Wildman–Crippen LogP) is 1.63. The summed E-state index contributed by atoms with van der Waals surface area (Å²) in [7, 11) is 0. The SMILES string of the molecule is O=C(O)Cn1cc(C(F)F)cc(Br)c1=O. The van der Waals surface area contributed by atoms with E-state index in [-0.39, 0.29) is 4.47 Å². The largest absolute Gasteiger partial charge is 0.480 e. The van der Waals surface area contributed by atoms with Crippen LogP contribution in [0.4, 0.5) is 8.78 Å². The highest BCUT2D eigenvalue weighted by Crippen LogP contribution is 2.19. The first kappa shape index (κ1) is 11.8. The highest BCUT2D eigenvalue weighted by molar-refractivity contribution is 9.10. The summed E-state index contributed by atoms with van der Waals surface area (Å²) in [6, 6.07) is 0.978. The van der Waals surface area contributed by atoms with Gasteiger partial charge in [0, 0.05) is 11.8 Å². The van der Waals surface area contributed by atoms with Crippen molar-refractivity contribution in [2.45, 2.75) is 13.0 Å². The number of carbonyl (C=O) groups is 1. The zero-order chi connectivity index (χ0) is 11.6. The fraction of sp³-hybridized carbons (Fsp3) is 0.250. The van der Waals surface area contributed by atoms with Gasteiger partial charge in [-0.1, -0.05) is 0 Å². The molecule has 0 saturated carbocycles. The summed E-state index contributed by atoms with van der Waals surface area (Å²) in [5, 5.41) is 8.45. The van der Waals surface area contributed by atoms with Crippen LogP contribution >= 0.6 is 15.9 Å². The van der Waals surface area contributed by atoms with E-state index >= 15 is 0 Å². The lowest BCUT2D eigenvalue weighted by Gasteiger charge is -2.06. The Morgan fingerprint density at radius 3 is 2.67 bits per heavy atom. The van der Waals surface area contributed by atoms with Gasteiger partial charge in [-0.25, -0.2) is 8.78 Å². The second-order valence-corrected chi connectivity index (χ2v) is 3.60. The highest BCUT2D eigenvalue weighted by Gasteiger charge is 2.13. The average Bonchev–Trinajstić information content (AvgIpc) is 2.11. The molecule has 0 aliphatic heterocycles. The summed E-state index contributed by atoms with van der Waals surface area (Å²) in [6.07, 6.45) is -1.91. The molecule has 0 amide bonds. The van der Waals surface area contributed by atoms with Crippen molar-refractivity contribution in [3.05, 3.63) is 32.7 Å². The zero-order valence-electron chi connectivity index (χ0n) is 7.28. The van der Waals surface area contributed by atoms with Gasteiger partial charge in [0.15, 0.2) is 0 Å². The summed E-state index contributed by atoms with van der Waals surface area (Å²) in [5.74, 6) is -1.27. The van der Waals surface area contributed by atoms with Crippen molar-refractivity contribution in [3.63, 3.8) is 0 Å². The molecule has 82 valence electrons. The van der Waals surface area contributed by atoms with Crippen molar-refractivity contribution < 1.29 is 18.7 Å². The summed E-state index contributed by atoms with van der Waals surface area (Å²) in [6.45, 7) is -0.641. The van der Waals surface area contributed by atoms with Crippen molar-refractivity contribution in [1.82, 2.24) is 4.57 Å². The molecule has 0 fully saturated rings. The average molecular weight is 282 g/mol. The second kappa shape index (κ2) is 4.52. The van der Waals surface area contributed by atoms with E-state index in [1.165, 1.54) is 0 Å². The number of carboxylic acids is 1. The Bertz CT molecular complexity index is 444. The topological polar surface area (TPSA) is 59.3 Å². The second-order valence-electron chi connectivity index (χ2n) is 2.75. The fourth-order valence-corrected chi connectivity index (χ4v) is 1.50. The van der Waals surface area contributed by atoms with Crippen LogP contribution in [0.1, 0.15) is 12.0 Å². The lowest BCUT2D eigenvalue weighted by Crippen LogP contribution is -2.24. The summed E-state index contributed by atoms with van der Waals surface area (Å²) in [5.41, 5.74) is -1.05. The number of hydrogen-bond donors (Lipinski definition) is 1. The molecule has 1 aromatic heterocycles. The van der Waals surface area contributed by atoms with Crippen molar-refractivity contribution in [3.8, 4) is 0 Å². The number of halogens is 3. The van der Waals surface area contributed by atoms with Crippen LogP contribution in [0.15, 0.2) is 21.5 Å². The Morgan fingerprint density at radius 1 is 1.60 bits per heavy atom. The van der Waals surface area contributed by atoms with Crippen molar-refractivity contribution in [1.29, 1.82) is 0 Å². The Kier molecular flexibility index (Phi) is 3.57. The Morgan fingerprint density at radius 2 is 2.20 bits per heavy atom. The Labute approximate surface area is 91.3 Å². The van der Waals surface area contributed by atoms with Gasteiger partial charge in [0.25, 0.3) is 12.0 Å². The minimum atomic E-state index is -2.75. The summed E-state index contributed by atoms with van der Waals surface area (Å²) in [4.78, 5) is 21.6. The lowest BCUT2D eigenvalue weighted by atomic mass is 10.3. The number of alkyl halides is 2. The van der Waals surface area contributed by atoms with Gasteiger partial charge >= 0.3 is 5.97 Å². The first-order chi connectivity index (χ1) is 6.91. The van der Waals surface area contributed by atoms with E-state index < -0.39 is 30.1 Å². The van der Waals surface area contributed by atoms with Crippen molar-refractivity contribution >= 4 is 21.9 Å². The molecule has 7 heteroatoms. The van der Waals surface area contributed by atoms with Gasteiger partial charge in [-0.3, -0.25) is 9.59 Å². The van der Waals surface area contributed by atoms with E-state index in [0.717, 1.165) is 12.3 Å². The molecular weight excluding hydrogens is 276 g/mol. The van der Waals surface area contributed by atoms with E-state index in [2.05, 4.69) is 15.9 Å². The Balaban J connectivity index is 3.25. The van der Waals surface area contributed by atoms with Gasteiger partial charge in [0.1, 0.15) is 6.54 Å². The third-order valence-corrected chi connectivity index (χ3v) is 2.19. The van der Waals surface area contributed by atoms with Gasteiger partial charge in [-0.2, -0.15) is 0 Å². The number of aliphatic carboxylic acids is 1. The molecule has 1 aromatic rings. The molecule has 0 saturated heterocycles. The first-order valence-corrected chi connectivity index (χ1v) is 4.61. The number of aromatic nitrogens is 1. The molecule has 0 radical (unpaired) electrons. The third kappa shape index (κ3) is 2.85. The van der Waals surface area contributed by atoms with Gasteiger partial charge in [-0.15, -0.1) is 0 Å². The molecule has 1 N–H and O–H groups in total. The van der Waals surface area contributed by atoms with E-state index in [1.54, 1.807) is 0 Å². The van der Waals surface area contributed by atoms with Crippen LogP contribution in [0, 0.1) is 0 Å². The molecule has 0 unspecified atom stereocenters. The molecule has 15 heavy (non-hydrogen) atoms. The van der Waals surface area contributed by atoms with E-state index in [4.69, 9.17) is 5.11 Å². The number of rotatable bonds is 3. The molecule has 1 rings (SSSR count). The molecule has 0 aliphatic carbocycles. The van der Waals surface area contributed by atoms with E-state index in [0.29, 0.717) is 4.57 Å². The molecule has 0 spiro atoms. The highest BCUT2D eigenvalue weighted by atomic mass is 79.9. The van der Waals surface area contributed by atoms with Crippen LogP contribution < -0.4 is 5.56 Å². The maximum atomic E-state index is 12.3. The minimum absolute atomic E-state index is 0.0819. The Hall–Kier alpha value is -1.24.